The maximum atomic E-state index is 5.58. The largest absolute Gasteiger partial charge is 0.439 e. The first-order chi connectivity index (χ1) is 7.92. The Hall–Kier alpha value is -1.87. The van der Waals surface area contributed by atoms with Crippen LogP contribution in [0.4, 0.5) is 0 Å². The third-order valence-corrected chi connectivity index (χ3v) is 2.45. The van der Waals surface area contributed by atoms with Crippen molar-refractivity contribution in [2.24, 2.45) is 0 Å². The van der Waals surface area contributed by atoms with Crippen LogP contribution in [0.5, 0.6) is 11.6 Å². The summed E-state index contributed by atoms with van der Waals surface area (Å²) in [5, 5.41) is 0. The number of ether oxygens (including phenoxy) is 2. The van der Waals surface area contributed by atoms with Gasteiger partial charge in [-0.05, 0) is 23.8 Å². The third kappa shape index (κ3) is 2.04. The maximum Gasteiger partial charge on any atom is 0.219 e. The second-order valence-corrected chi connectivity index (χ2v) is 3.66. The molecule has 1 aliphatic rings. The van der Waals surface area contributed by atoms with E-state index >= 15 is 0 Å². The minimum atomic E-state index is 0.295. The van der Waals surface area contributed by atoms with E-state index < -0.39 is 0 Å². The van der Waals surface area contributed by atoms with Crippen LogP contribution < -0.4 is 4.74 Å². The summed E-state index contributed by atoms with van der Waals surface area (Å²) in [6.07, 6.45) is 2.01. The van der Waals surface area contributed by atoms with Gasteiger partial charge in [0.2, 0.25) is 5.88 Å². The number of epoxide rings is 1. The van der Waals surface area contributed by atoms with Crippen LogP contribution >= 0.6 is 0 Å². The highest BCUT2D eigenvalue weighted by Crippen LogP contribution is 2.31. The maximum absolute atomic E-state index is 5.58. The van der Waals surface area contributed by atoms with Gasteiger partial charge in [0.15, 0.2) is 0 Å². The molecule has 3 heteroatoms. The predicted molar refractivity (Wildman–Crippen MR) is 59.4 cm³/mol. The monoisotopic (exact) mass is 213 g/mol. The van der Waals surface area contributed by atoms with Crippen LogP contribution in [0.25, 0.3) is 0 Å². The van der Waals surface area contributed by atoms with Crippen LogP contribution in [0.15, 0.2) is 48.7 Å². The van der Waals surface area contributed by atoms with Gasteiger partial charge >= 0.3 is 0 Å². The van der Waals surface area contributed by atoms with Gasteiger partial charge in [0.1, 0.15) is 11.9 Å². The van der Waals surface area contributed by atoms with Crippen molar-refractivity contribution in [2.45, 2.75) is 6.10 Å². The van der Waals surface area contributed by atoms with Gasteiger partial charge in [-0.3, -0.25) is 0 Å². The molecule has 0 N–H and O–H groups in total. The molecule has 16 heavy (non-hydrogen) atoms. The van der Waals surface area contributed by atoms with E-state index in [2.05, 4.69) is 4.98 Å². The number of pyridine rings is 1. The third-order valence-electron chi connectivity index (χ3n) is 2.45. The Morgan fingerprint density at radius 2 is 1.94 bits per heavy atom. The van der Waals surface area contributed by atoms with Crippen LogP contribution in [0.3, 0.4) is 0 Å². The predicted octanol–water partition coefficient (Wildman–Crippen LogP) is 2.95. The smallest absolute Gasteiger partial charge is 0.219 e. The molecular formula is C13H11NO2. The molecule has 1 atom stereocenters. The zero-order valence-electron chi connectivity index (χ0n) is 8.67. The van der Waals surface area contributed by atoms with E-state index in [1.54, 1.807) is 6.20 Å². The average Bonchev–Trinajstić information content (AvgIpc) is 3.15. The Morgan fingerprint density at radius 1 is 1.12 bits per heavy atom. The van der Waals surface area contributed by atoms with Crippen molar-refractivity contribution >= 4 is 0 Å². The van der Waals surface area contributed by atoms with Gasteiger partial charge in [-0.2, -0.15) is 0 Å². The number of hydrogen-bond donors (Lipinski definition) is 0. The fourth-order valence-electron chi connectivity index (χ4n) is 1.52. The average molecular weight is 213 g/mol. The Bertz CT molecular complexity index is 463. The Kier molecular flexibility index (Phi) is 2.31. The van der Waals surface area contributed by atoms with E-state index in [4.69, 9.17) is 9.47 Å². The number of rotatable bonds is 3. The second-order valence-electron chi connectivity index (χ2n) is 3.66. The van der Waals surface area contributed by atoms with Gasteiger partial charge in [-0.25, -0.2) is 4.98 Å². The molecule has 0 aliphatic carbocycles. The summed E-state index contributed by atoms with van der Waals surface area (Å²) in [4.78, 5) is 4.10. The summed E-state index contributed by atoms with van der Waals surface area (Å²) < 4.78 is 10.8. The van der Waals surface area contributed by atoms with Gasteiger partial charge in [0.25, 0.3) is 0 Å². The first-order valence-electron chi connectivity index (χ1n) is 5.22. The zero-order valence-corrected chi connectivity index (χ0v) is 8.67. The second kappa shape index (κ2) is 3.94. The molecule has 1 aliphatic heterocycles. The first kappa shape index (κ1) is 9.36. The summed E-state index contributed by atoms with van der Waals surface area (Å²) in [5.41, 5.74) is 1.20. The zero-order chi connectivity index (χ0) is 10.8. The lowest BCUT2D eigenvalue weighted by molar-refractivity contribution is 0.415. The topological polar surface area (TPSA) is 34.6 Å². The summed E-state index contributed by atoms with van der Waals surface area (Å²) in [7, 11) is 0. The van der Waals surface area contributed by atoms with Crippen molar-refractivity contribution in [1.29, 1.82) is 0 Å². The summed E-state index contributed by atoms with van der Waals surface area (Å²) >= 11 is 0. The lowest BCUT2D eigenvalue weighted by Crippen LogP contribution is -1.87. The quantitative estimate of drug-likeness (QED) is 0.735. The van der Waals surface area contributed by atoms with E-state index in [1.807, 2.05) is 42.5 Å². The molecule has 1 fully saturated rings. The molecule has 0 saturated carbocycles. The molecule has 1 unspecified atom stereocenters. The van der Waals surface area contributed by atoms with E-state index in [9.17, 15) is 0 Å². The van der Waals surface area contributed by atoms with E-state index in [0.717, 1.165) is 12.4 Å². The molecule has 1 aromatic carbocycles. The van der Waals surface area contributed by atoms with E-state index in [1.165, 1.54) is 5.56 Å². The molecule has 0 spiro atoms. The number of nitrogens with zero attached hydrogens (tertiary/aromatic N) is 1. The van der Waals surface area contributed by atoms with Crippen molar-refractivity contribution in [1.82, 2.24) is 4.98 Å². The highest BCUT2D eigenvalue weighted by Gasteiger charge is 2.24. The van der Waals surface area contributed by atoms with Crippen molar-refractivity contribution in [2.75, 3.05) is 6.61 Å². The van der Waals surface area contributed by atoms with Gasteiger partial charge in [0, 0.05) is 12.3 Å². The van der Waals surface area contributed by atoms with Crippen molar-refractivity contribution < 1.29 is 9.47 Å². The lowest BCUT2D eigenvalue weighted by atomic mass is 10.2. The molecule has 1 saturated heterocycles. The SMILES string of the molecule is c1ccc(Oc2ccc(C3CO3)cc2)nc1. The van der Waals surface area contributed by atoms with Gasteiger partial charge in [-0.15, -0.1) is 0 Å². The van der Waals surface area contributed by atoms with Crippen LogP contribution in [-0.4, -0.2) is 11.6 Å². The first-order valence-corrected chi connectivity index (χ1v) is 5.22. The minimum absolute atomic E-state index is 0.295. The van der Waals surface area contributed by atoms with Gasteiger partial charge < -0.3 is 9.47 Å². The van der Waals surface area contributed by atoms with Crippen molar-refractivity contribution in [3.05, 3.63) is 54.2 Å². The van der Waals surface area contributed by atoms with Crippen LogP contribution in [0.1, 0.15) is 11.7 Å². The molecule has 1 aromatic heterocycles. The fourth-order valence-corrected chi connectivity index (χ4v) is 1.52. The van der Waals surface area contributed by atoms with Crippen LogP contribution in [0.2, 0.25) is 0 Å². The van der Waals surface area contributed by atoms with Gasteiger partial charge in [-0.1, -0.05) is 18.2 Å². The van der Waals surface area contributed by atoms with Crippen LogP contribution in [-0.2, 0) is 4.74 Å². The standard InChI is InChI=1S/C13H11NO2/c1-2-8-14-13(3-1)16-11-6-4-10(5-7-11)12-9-15-12/h1-8,12H,9H2. The molecule has 3 rings (SSSR count). The molecule has 3 nitrogen and oxygen atoms in total. The Balaban J connectivity index is 1.75. The fraction of sp³-hybridized carbons (Fsp3) is 0.154. The van der Waals surface area contributed by atoms with Gasteiger partial charge in [0.05, 0.1) is 6.61 Å². The molecule has 0 bridgehead atoms. The lowest BCUT2D eigenvalue weighted by Gasteiger charge is -2.04. The Labute approximate surface area is 93.7 Å². The van der Waals surface area contributed by atoms with Crippen LogP contribution in [0, 0.1) is 0 Å². The minimum Gasteiger partial charge on any atom is -0.439 e. The summed E-state index contributed by atoms with van der Waals surface area (Å²) in [5.74, 6) is 1.40. The Morgan fingerprint density at radius 3 is 2.56 bits per heavy atom. The van der Waals surface area contributed by atoms with E-state index in [-0.39, 0.29) is 0 Å². The molecule has 0 amide bonds. The highest BCUT2D eigenvalue weighted by atomic mass is 16.6. The molecule has 2 aromatic rings. The molecular weight excluding hydrogens is 202 g/mol. The molecule has 80 valence electrons. The highest BCUT2D eigenvalue weighted by molar-refractivity contribution is 5.32. The number of aromatic nitrogens is 1. The van der Waals surface area contributed by atoms with E-state index in [0.29, 0.717) is 12.0 Å². The summed E-state index contributed by atoms with van der Waals surface area (Å²) in [6, 6.07) is 13.5. The number of hydrogen-bond acceptors (Lipinski definition) is 3. The molecule has 0 radical (unpaired) electrons. The number of benzene rings is 1. The normalized spacial score (nSPS) is 18.1. The van der Waals surface area contributed by atoms with Crippen molar-refractivity contribution in [3.8, 4) is 11.6 Å². The summed E-state index contributed by atoms with van der Waals surface area (Å²) in [6.45, 7) is 0.834. The van der Waals surface area contributed by atoms with Crippen molar-refractivity contribution in [3.63, 3.8) is 0 Å². The molecule has 2 heterocycles.